The van der Waals surface area contributed by atoms with Crippen molar-refractivity contribution in [2.45, 2.75) is 6.42 Å². The Morgan fingerprint density at radius 3 is 2.83 bits per heavy atom. The van der Waals surface area contributed by atoms with E-state index in [1.54, 1.807) is 10.9 Å². The molecular formula is C12H11BrF2N2O. The fourth-order valence-corrected chi connectivity index (χ4v) is 1.93. The third-order valence-electron chi connectivity index (χ3n) is 2.37. The number of aromatic nitrogens is 2. The van der Waals surface area contributed by atoms with Crippen molar-refractivity contribution in [2.75, 3.05) is 6.61 Å². The number of ether oxygens (including phenoxy) is 1. The molecule has 2 rings (SSSR count). The first-order valence-corrected chi connectivity index (χ1v) is 6.10. The number of halogens is 3. The molecule has 1 aromatic heterocycles. The molecule has 0 amide bonds. The lowest BCUT2D eigenvalue weighted by atomic mass is 10.3. The standard InChI is InChI=1S/C12H11BrF2N2O/c1-17-7-8(6-16-17)2-3-18-11-5-9(13)4-10(14)12(11)15/h4-7H,2-3H2,1H3. The van der Waals surface area contributed by atoms with Gasteiger partial charge in [0.1, 0.15) is 0 Å². The zero-order valence-electron chi connectivity index (χ0n) is 9.66. The highest BCUT2D eigenvalue weighted by atomic mass is 79.9. The van der Waals surface area contributed by atoms with E-state index in [4.69, 9.17) is 4.74 Å². The summed E-state index contributed by atoms with van der Waals surface area (Å²) < 4.78 is 33.8. The molecule has 0 saturated heterocycles. The van der Waals surface area contributed by atoms with Crippen molar-refractivity contribution in [3.63, 3.8) is 0 Å². The van der Waals surface area contributed by atoms with Gasteiger partial charge < -0.3 is 4.74 Å². The van der Waals surface area contributed by atoms with E-state index in [-0.39, 0.29) is 12.4 Å². The molecule has 0 aliphatic carbocycles. The average molecular weight is 317 g/mol. The molecule has 1 aromatic carbocycles. The van der Waals surface area contributed by atoms with E-state index >= 15 is 0 Å². The zero-order chi connectivity index (χ0) is 13.1. The Morgan fingerprint density at radius 2 is 2.17 bits per heavy atom. The Hall–Kier alpha value is -1.43. The van der Waals surface area contributed by atoms with Crippen LogP contribution < -0.4 is 4.74 Å². The van der Waals surface area contributed by atoms with Crippen molar-refractivity contribution in [1.29, 1.82) is 0 Å². The van der Waals surface area contributed by atoms with E-state index in [1.807, 2.05) is 13.2 Å². The molecule has 18 heavy (non-hydrogen) atoms. The maximum Gasteiger partial charge on any atom is 0.200 e. The van der Waals surface area contributed by atoms with Crippen molar-refractivity contribution in [2.24, 2.45) is 7.05 Å². The monoisotopic (exact) mass is 316 g/mol. The van der Waals surface area contributed by atoms with Crippen molar-refractivity contribution in [3.05, 3.63) is 46.2 Å². The van der Waals surface area contributed by atoms with Gasteiger partial charge in [0.2, 0.25) is 5.82 Å². The van der Waals surface area contributed by atoms with E-state index in [0.29, 0.717) is 10.9 Å². The first-order valence-electron chi connectivity index (χ1n) is 5.31. The molecule has 2 aromatic rings. The molecule has 0 N–H and O–H groups in total. The molecule has 0 aliphatic rings. The molecular weight excluding hydrogens is 306 g/mol. The molecule has 0 spiro atoms. The predicted molar refractivity (Wildman–Crippen MR) is 66.5 cm³/mol. The zero-order valence-corrected chi connectivity index (χ0v) is 11.2. The van der Waals surface area contributed by atoms with Crippen molar-refractivity contribution in [1.82, 2.24) is 9.78 Å². The highest BCUT2D eigenvalue weighted by Crippen LogP contribution is 2.25. The molecule has 96 valence electrons. The fraction of sp³-hybridized carbons (Fsp3) is 0.250. The van der Waals surface area contributed by atoms with E-state index in [2.05, 4.69) is 21.0 Å². The van der Waals surface area contributed by atoms with Gasteiger partial charge in [-0.05, 0) is 17.7 Å². The SMILES string of the molecule is Cn1cc(CCOc2cc(Br)cc(F)c2F)cn1. The number of nitrogens with zero attached hydrogens (tertiary/aromatic N) is 2. The van der Waals surface area contributed by atoms with Crippen LogP contribution in [0.15, 0.2) is 29.0 Å². The summed E-state index contributed by atoms with van der Waals surface area (Å²) in [5.41, 5.74) is 0.980. The Bertz CT molecular complexity index is 557. The normalized spacial score (nSPS) is 10.7. The maximum absolute atomic E-state index is 13.4. The van der Waals surface area contributed by atoms with Crippen LogP contribution in [0.4, 0.5) is 8.78 Å². The van der Waals surface area contributed by atoms with Gasteiger partial charge in [-0.3, -0.25) is 4.68 Å². The molecule has 1 heterocycles. The smallest absolute Gasteiger partial charge is 0.200 e. The average Bonchev–Trinajstić information content (AvgIpc) is 2.71. The molecule has 0 unspecified atom stereocenters. The number of rotatable bonds is 4. The first-order chi connectivity index (χ1) is 8.56. The molecule has 0 aliphatic heterocycles. The molecule has 0 fully saturated rings. The quantitative estimate of drug-likeness (QED) is 0.810. The molecule has 3 nitrogen and oxygen atoms in total. The highest BCUT2D eigenvalue weighted by Gasteiger charge is 2.11. The summed E-state index contributed by atoms with van der Waals surface area (Å²) >= 11 is 3.09. The van der Waals surface area contributed by atoms with Crippen LogP contribution in [0, 0.1) is 11.6 Å². The van der Waals surface area contributed by atoms with Crippen molar-refractivity contribution < 1.29 is 13.5 Å². The van der Waals surface area contributed by atoms with Gasteiger partial charge in [0.05, 0.1) is 12.8 Å². The van der Waals surface area contributed by atoms with Gasteiger partial charge in [0.25, 0.3) is 0 Å². The minimum atomic E-state index is -0.968. The molecule has 0 saturated carbocycles. The summed E-state index contributed by atoms with van der Waals surface area (Å²) in [4.78, 5) is 0. The van der Waals surface area contributed by atoms with Crippen LogP contribution in [0.25, 0.3) is 0 Å². The summed E-state index contributed by atoms with van der Waals surface area (Å²) in [6, 6.07) is 2.46. The Labute approximate surface area is 112 Å². The molecule has 6 heteroatoms. The largest absolute Gasteiger partial charge is 0.490 e. The summed E-state index contributed by atoms with van der Waals surface area (Å²) in [5, 5.41) is 4.01. The topological polar surface area (TPSA) is 27.1 Å². The van der Waals surface area contributed by atoms with Crippen LogP contribution in [-0.2, 0) is 13.5 Å². The van der Waals surface area contributed by atoms with E-state index in [9.17, 15) is 8.78 Å². The van der Waals surface area contributed by atoms with Crippen molar-refractivity contribution >= 4 is 15.9 Å². The summed E-state index contributed by atoms with van der Waals surface area (Å²) in [6.45, 7) is 0.262. The second-order valence-electron chi connectivity index (χ2n) is 3.82. The van der Waals surface area contributed by atoms with Gasteiger partial charge in [0.15, 0.2) is 11.6 Å². The predicted octanol–water partition coefficient (Wildman–Crippen LogP) is 3.08. The number of hydrogen-bond acceptors (Lipinski definition) is 2. The molecule has 0 bridgehead atoms. The van der Waals surface area contributed by atoms with Gasteiger partial charge in [-0.15, -0.1) is 0 Å². The van der Waals surface area contributed by atoms with Crippen LogP contribution in [0.5, 0.6) is 5.75 Å². The van der Waals surface area contributed by atoms with E-state index in [0.717, 1.165) is 11.6 Å². The minimum Gasteiger partial charge on any atom is -0.490 e. The van der Waals surface area contributed by atoms with Crippen LogP contribution in [0.2, 0.25) is 0 Å². The summed E-state index contributed by atoms with van der Waals surface area (Å²) in [5.74, 6) is -1.99. The second kappa shape index (κ2) is 5.48. The van der Waals surface area contributed by atoms with Gasteiger partial charge >= 0.3 is 0 Å². The Kier molecular flexibility index (Phi) is 3.96. The van der Waals surface area contributed by atoms with E-state index < -0.39 is 11.6 Å². The number of aryl methyl sites for hydroxylation is 1. The molecule has 0 atom stereocenters. The summed E-state index contributed by atoms with van der Waals surface area (Å²) in [6.07, 6.45) is 4.14. The Morgan fingerprint density at radius 1 is 1.39 bits per heavy atom. The lowest BCUT2D eigenvalue weighted by Gasteiger charge is -2.07. The first kappa shape index (κ1) is 13.0. The van der Waals surface area contributed by atoms with Gasteiger partial charge in [0, 0.05) is 24.1 Å². The highest BCUT2D eigenvalue weighted by molar-refractivity contribution is 9.10. The third-order valence-corrected chi connectivity index (χ3v) is 2.82. The number of hydrogen-bond donors (Lipinski definition) is 0. The lowest BCUT2D eigenvalue weighted by Crippen LogP contribution is -2.03. The third kappa shape index (κ3) is 3.07. The van der Waals surface area contributed by atoms with Crippen LogP contribution >= 0.6 is 15.9 Å². The molecule has 0 radical (unpaired) electrons. The van der Waals surface area contributed by atoms with Crippen molar-refractivity contribution in [3.8, 4) is 5.75 Å². The van der Waals surface area contributed by atoms with E-state index in [1.165, 1.54) is 6.07 Å². The summed E-state index contributed by atoms with van der Waals surface area (Å²) in [7, 11) is 1.81. The number of benzene rings is 1. The second-order valence-corrected chi connectivity index (χ2v) is 4.74. The fourth-order valence-electron chi connectivity index (χ4n) is 1.52. The minimum absolute atomic E-state index is 0.0919. The Balaban J connectivity index is 1.98. The maximum atomic E-state index is 13.4. The van der Waals surface area contributed by atoms with Crippen LogP contribution in [0.3, 0.4) is 0 Å². The van der Waals surface area contributed by atoms with Gasteiger partial charge in [-0.25, -0.2) is 4.39 Å². The van der Waals surface area contributed by atoms with Crippen LogP contribution in [-0.4, -0.2) is 16.4 Å². The van der Waals surface area contributed by atoms with Gasteiger partial charge in [-0.1, -0.05) is 15.9 Å². The van der Waals surface area contributed by atoms with Crippen LogP contribution in [0.1, 0.15) is 5.56 Å². The van der Waals surface area contributed by atoms with Gasteiger partial charge in [-0.2, -0.15) is 9.49 Å². The lowest BCUT2D eigenvalue weighted by molar-refractivity contribution is 0.298.